The van der Waals surface area contributed by atoms with Crippen LogP contribution in [0.25, 0.3) is 0 Å². The molecule has 138 valence electrons. The summed E-state index contributed by atoms with van der Waals surface area (Å²) in [5.41, 5.74) is 1.44. The Morgan fingerprint density at radius 2 is 1.81 bits per heavy atom. The summed E-state index contributed by atoms with van der Waals surface area (Å²) in [5.74, 6) is 2.84. The van der Waals surface area contributed by atoms with Gasteiger partial charge in [-0.05, 0) is 37.3 Å². The number of rotatable bonds is 5. The van der Waals surface area contributed by atoms with Crippen LogP contribution in [0.1, 0.15) is 18.4 Å². The van der Waals surface area contributed by atoms with Crippen LogP contribution in [0.15, 0.2) is 42.7 Å². The maximum absolute atomic E-state index is 4.66. The maximum Gasteiger partial charge on any atom is 0.172 e. The first-order chi connectivity index (χ1) is 12.7. The lowest BCUT2D eigenvalue weighted by molar-refractivity contribution is 0.209. The monoisotopic (exact) mass is 351 g/mol. The van der Waals surface area contributed by atoms with E-state index >= 15 is 0 Å². The third kappa shape index (κ3) is 3.54. The van der Waals surface area contributed by atoms with Crippen LogP contribution >= 0.6 is 0 Å². The Hall–Kier alpha value is -2.14. The number of piperidine rings is 1. The zero-order chi connectivity index (χ0) is 17.9. The van der Waals surface area contributed by atoms with Crippen LogP contribution in [0.2, 0.25) is 0 Å². The molecule has 3 heterocycles. The van der Waals surface area contributed by atoms with Gasteiger partial charge in [0.05, 0.1) is 0 Å². The summed E-state index contributed by atoms with van der Waals surface area (Å²) >= 11 is 0. The second kappa shape index (κ2) is 7.62. The van der Waals surface area contributed by atoms with Crippen molar-refractivity contribution in [2.24, 2.45) is 5.92 Å². The van der Waals surface area contributed by atoms with Gasteiger partial charge in [-0.1, -0.05) is 30.3 Å². The van der Waals surface area contributed by atoms with Crippen LogP contribution in [-0.4, -0.2) is 61.2 Å². The van der Waals surface area contributed by atoms with Crippen molar-refractivity contribution in [3.05, 3.63) is 48.3 Å². The van der Waals surface area contributed by atoms with Crippen LogP contribution in [0.3, 0.4) is 0 Å². The molecule has 0 saturated carbocycles. The average molecular weight is 351 g/mol. The van der Waals surface area contributed by atoms with Gasteiger partial charge in [-0.25, -0.2) is 9.97 Å². The van der Waals surface area contributed by atoms with Gasteiger partial charge in [-0.3, -0.25) is 4.90 Å². The van der Waals surface area contributed by atoms with Gasteiger partial charge in [0, 0.05) is 52.2 Å². The number of likely N-dealkylation sites (tertiary alicyclic amines) is 1. The third-order valence-electron chi connectivity index (χ3n) is 5.89. The van der Waals surface area contributed by atoms with E-state index in [2.05, 4.69) is 55.0 Å². The fraction of sp³-hybridized carbons (Fsp3) is 0.524. The van der Waals surface area contributed by atoms with E-state index in [1.54, 1.807) is 6.20 Å². The van der Waals surface area contributed by atoms with Crippen LogP contribution in [-0.2, 0) is 6.42 Å². The molecule has 2 aliphatic rings. The predicted octanol–water partition coefficient (Wildman–Crippen LogP) is 2.69. The second-order valence-electron chi connectivity index (χ2n) is 7.72. The first-order valence-electron chi connectivity index (χ1n) is 9.73. The highest BCUT2D eigenvalue weighted by Crippen LogP contribution is 2.35. The normalized spacial score (nSPS) is 23.1. The molecule has 0 spiro atoms. The molecule has 2 aromatic rings. The van der Waals surface area contributed by atoms with Gasteiger partial charge in [0.15, 0.2) is 11.6 Å². The van der Waals surface area contributed by atoms with E-state index < -0.39 is 0 Å². The van der Waals surface area contributed by atoms with Crippen LogP contribution in [0.4, 0.5) is 11.6 Å². The Morgan fingerprint density at radius 1 is 1.04 bits per heavy atom. The molecule has 0 amide bonds. The Morgan fingerprint density at radius 3 is 2.62 bits per heavy atom. The summed E-state index contributed by atoms with van der Waals surface area (Å²) in [7, 11) is 4.09. The van der Waals surface area contributed by atoms with E-state index in [0.717, 1.165) is 43.6 Å². The van der Waals surface area contributed by atoms with Gasteiger partial charge in [0.2, 0.25) is 0 Å². The number of fused-ring (bicyclic) bond motifs is 1. The zero-order valence-electron chi connectivity index (χ0n) is 15.9. The van der Waals surface area contributed by atoms with Crippen molar-refractivity contribution in [3.63, 3.8) is 0 Å². The molecule has 2 aliphatic heterocycles. The van der Waals surface area contributed by atoms with Crippen LogP contribution in [0, 0.1) is 5.92 Å². The smallest absolute Gasteiger partial charge is 0.172 e. The van der Waals surface area contributed by atoms with Crippen molar-refractivity contribution in [3.8, 4) is 0 Å². The predicted molar refractivity (Wildman–Crippen MR) is 107 cm³/mol. The Labute approximate surface area is 156 Å². The fourth-order valence-electron chi connectivity index (χ4n) is 4.48. The Balaban J connectivity index is 1.45. The average Bonchev–Trinajstić information content (AvgIpc) is 3.09. The number of nitrogens with zero attached hydrogens (tertiary/aromatic N) is 5. The summed E-state index contributed by atoms with van der Waals surface area (Å²) in [5, 5.41) is 0. The van der Waals surface area contributed by atoms with Gasteiger partial charge in [-0.15, -0.1) is 0 Å². The van der Waals surface area contributed by atoms with Crippen molar-refractivity contribution in [2.45, 2.75) is 25.3 Å². The van der Waals surface area contributed by atoms with E-state index in [-0.39, 0.29) is 0 Å². The SMILES string of the molecule is CN(C)c1nccnc1N1CCC2CCN(CCc3ccccc3)C2C1. The van der Waals surface area contributed by atoms with E-state index in [0.29, 0.717) is 6.04 Å². The molecule has 2 atom stereocenters. The second-order valence-corrected chi connectivity index (χ2v) is 7.72. The van der Waals surface area contributed by atoms with Crippen molar-refractivity contribution in [1.29, 1.82) is 0 Å². The summed E-state index contributed by atoms with van der Waals surface area (Å²) in [6, 6.07) is 11.5. The number of aromatic nitrogens is 2. The molecule has 0 aliphatic carbocycles. The molecule has 0 bridgehead atoms. The molecule has 5 heteroatoms. The van der Waals surface area contributed by atoms with Crippen molar-refractivity contribution >= 4 is 11.6 Å². The number of anilines is 2. The molecule has 1 aromatic carbocycles. The molecular formula is C21H29N5. The quantitative estimate of drug-likeness (QED) is 0.828. The minimum atomic E-state index is 0.643. The van der Waals surface area contributed by atoms with E-state index in [4.69, 9.17) is 0 Å². The minimum Gasteiger partial charge on any atom is -0.360 e. The van der Waals surface area contributed by atoms with Crippen LogP contribution < -0.4 is 9.80 Å². The number of hydrogen-bond acceptors (Lipinski definition) is 5. The van der Waals surface area contributed by atoms with Gasteiger partial charge in [0.1, 0.15) is 0 Å². The highest BCUT2D eigenvalue weighted by Gasteiger charge is 2.38. The third-order valence-corrected chi connectivity index (χ3v) is 5.89. The first kappa shape index (κ1) is 17.3. The number of hydrogen-bond donors (Lipinski definition) is 0. The molecule has 2 unspecified atom stereocenters. The highest BCUT2D eigenvalue weighted by molar-refractivity contribution is 5.61. The van der Waals surface area contributed by atoms with Gasteiger partial charge < -0.3 is 9.80 Å². The van der Waals surface area contributed by atoms with E-state index in [1.165, 1.54) is 24.9 Å². The molecule has 1 aromatic heterocycles. The van der Waals surface area contributed by atoms with E-state index in [1.807, 2.05) is 20.3 Å². The lowest BCUT2D eigenvalue weighted by atomic mass is 9.92. The van der Waals surface area contributed by atoms with Gasteiger partial charge in [-0.2, -0.15) is 0 Å². The largest absolute Gasteiger partial charge is 0.360 e. The van der Waals surface area contributed by atoms with Gasteiger partial charge in [0.25, 0.3) is 0 Å². The van der Waals surface area contributed by atoms with Gasteiger partial charge >= 0.3 is 0 Å². The van der Waals surface area contributed by atoms with E-state index in [9.17, 15) is 0 Å². The summed E-state index contributed by atoms with van der Waals surface area (Å²) in [6.07, 6.45) is 7.34. The molecule has 2 fully saturated rings. The Bertz CT molecular complexity index is 717. The number of benzene rings is 1. The Kier molecular flexibility index (Phi) is 5.07. The standard InChI is InChI=1S/C21H29N5/c1-24(2)20-21(23-12-11-22-20)26-15-10-18-9-14-25(19(18)16-26)13-8-17-6-4-3-5-7-17/h3-7,11-12,18-19H,8-10,13-16H2,1-2H3. The van der Waals surface area contributed by atoms with Crippen LogP contribution in [0.5, 0.6) is 0 Å². The summed E-state index contributed by atoms with van der Waals surface area (Å²) in [4.78, 5) is 16.4. The highest BCUT2D eigenvalue weighted by atomic mass is 15.3. The lowest BCUT2D eigenvalue weighted by Crippen LogP contribution is -2.49. The molecule has 26 heavy (non-hydrogen) atoms. The summed E-state index contributed by atoms with van der Waals surface area (Å²) in [6.45, 7) is 4.54. The van der Waals surface area contributed by atoms with Crippen molar-refractivity contribution < 1.29 is 0 Å². The lowest BCUT2D eigenvalue weighted by Gasteiger charge is -2.39. The molecule has 4 rings (SSSR count). The molecular weight excluding hydrogens is 322 g/mol. The zero-order valence-corrected chi connectivity index (χ0v) is 15.9. The molecule has 0 radical (unpaired) electrons. The van der Waals surface area contributed by atoms with Crippen molar-refractivity contribution in [1.82, 2.24) is 14.9 Å². The fourth-order valence-corrected chi connectivity index (χ4v) is 4.48. The minimum absolute atomic E-state index is 0.643. The maximum atomic E-state index is 4.66. The van der Waals surface area contributed by atoms with Crippen molar-refractivity contribution in [2.75, 3.05) is 50.1 Å². The molecule has 5 nitrogen and oxygen atoms in total. The first-order valence-corrected chi connectivity index (χ1v) is 9.73. The molecule has 0 N–H and O–H groups in total. The molecule has 2 saturated heterocycles. The summed E-state index contributed by atoms with van der Waals surface area (Å²) < 4.78 is 0. The topological polar surface area (TPSA) is 35.5 Å².